The Morgan fingerprint density at radius 3 is 2.93 bits per heavy atom. The van der Waals surface area contributed by atoms with Gasteiger partial charge in [-0.25, -0.2) is 17.7 Å². The molecule has 1 aliphatic heterocycles. The lowest BCUT2D eigenvalue weighted by Gasteiger charge is -2.15. The van der Waals surface area contributed by atoms with Gasteiger partial charge in [-0.05, 0) is 12.3 Å². The molecule has 0 radical (unpaired) electrons. The van der Waals surface area contributed by atoms with Crippen molar-refractivity contribution in [2.75, 3.05) is 43.1 Å². The Labute approximate surface area is 162 Å². The number of aliphatic hydroxyl groups excluding tert-OH is 1. The molecule has 2 aromatic rings. The SMILES string of the molecule is CS(=O)(=O)N1CC[C@H](CNc2nc(Nc3cnn(CCO)c3)ncc2Cl)C1. The van der Waals surface area contributed by atoms with E-state index in [9.17, 15) is 8.42 Å². The highest BCUT2D eigenvalue weighted by molar-refractivity contribution is 7.88. The molecule has 2 aromatic heterocycles. The van der Waals surface area contributed by atoms with E-state index in [1.54, 1.807) is 17.1 Å². The maximum atomic E-state index is 11.6. The Bertz CT molecular complexity index is 889. The van der Waals surface area contributed by atoms with Crippen molar-refractivity contribution in [3.8, 4) is 0 Å². The van der Waals surface area contributed by atoms with E-state index in [4.69, 9.17) is 16.7 Å². The van der Waals surface area contributed by atoms with E-state index in [1.165, 1.54) is 16.8 Å². The van der Waals surface area contributed by atoms with Gasteiger partial charge >= 0.3 is 0 Å². The van der Waals surface area contributed by atoms with E-state index in [1.807, 2.05) is 0 Å². The van der Waals surface area contributed by atoms with Crippen molar-refractivity contribution in [1.29, 1.82) is 0 Å². The van der Waals surface area contributed by atoms with Crippen LogP contribution in [0.3, 0.4) is 0 Å². The number of aromatic nitrogens is 4. The minimum absolute atomic E-state index is 0.00452. The first-order valence-corrected chi connectivity index (χ1v) is 10.7. The second-order valence-electron chi connectivity index (χ2n) is 6.39. The molecule has 1 saturated heterocycles. The van der Waals surface area contributed by atoms with E-state index < -0.39 is 10.0 Å². The summed E-state index contributed by atoms with van der Waals surface area (Å²) < 4.78 is 26.3. The molecule has 1 atom stereocenters. The van der Waals surface area contributed by atoms with Crippen molar-refractivity contribution >= 4 is 39.1 Å². The third kappa shape index (κ3) is 5.28. The van der Waals surface area contributed by atoms with Gasteiger partial charge in [0.15, 0.2) is 5.82 Å². The topological polar surface area (TPSA) is 125 Å². The van der Waals surface area contributed by atoms with Crippen LogP contribution >= 0.6 is 11.6 Å². The van der Waals surface area contributed by atoms with E-state index in [-0.39, 0.29) is 12.5 Å². The van der Waals surface area contributed by atoms with Gasteiger partial charge < -0.3 is 15.7 Å². The minimum atomic E-state index is -3.15. The molecule has 1 aliphatic rings. The van der Waals surface area contributed by atoms with Crippen molar-refractivity contribution in [2.24, 2.45) is 5.92 Å². The fourth-order valence-electron chi connectivity index (χ4n) is 2.84. The van der Waals surface area contributed by atoms with Gasteiger partial charge in [0.05, 0.1) is 37.5 Å². The molecule has 0 saturated carbocycles. The molecule has 0 aromatic carbocycles. The van der Waals surface area contributed by atoms with Crippen LogP contribution in [-0.4, -0.2) is 70.1 Å². The maximum Gasteiger partial charge on any atom is 0.229 e. The number of hydrogen-bond acceptors (Lipinski definition) is 8. The zero-order chi connectivity index (χ0) is 19.4. The zero-order valence-electron chi connectivity index (χ0n) is 14.8. The number of nitrogens with zero attached hydrogens (tertiary/aromatic N) is 5. The summed E-state index contributed by atoms with van der Waals surface area (Å²) in [4.78, 5) is 8.51. The molecule has 3 heterocycles. The van der Waals surface area contributed by atoms with Crippen molar-refractivity contribution < 1.29 is 13.5 Å². The van der Waals surface area contributed by atoms with Crippen LogP contribution in [0.15, 0.2) is 18.6 Å². The first-order valence-electron chi connectivity index (χ1n) is 8.47. The normalized spacial score (nSPS) is 18.0. The smallest absolute Gasteiger partial charge is 0.229 e. The lowest BCUT2D eigenvalue weighted by atomic mass is 10.1. The van der Waals surface area contributed by atoms with Crippen LogP contribution < -0.4 is 10.6 Å². The molecular formula is C15H22ClN7O3S. The largest absolute Gasteiger partial charge is 0.394 e. The molecule has 0 amide bonds. The number of rotatable bonds is 8. The Morgan fingerprint density at radius 2 is 2.22 bits per heavy atom. The van der Waals surface area contributed by atoms with E-state index >= 15 is 0 Å². The summed E-state index contributed by atoms with van der Waals surface area (Å²) in [6.07, 6.45) is 6.86. The summed E-state index contributed by atoms with van der Waals surface area (Å²) in [5.74, 6) is 1.03. The van der Waals surface area contributed by atoms with Crippen LogP contribution in [0.1, 0.15) is 6.42 Å². The third-order valence-corrected chi connectivity index (χ3v) is 5.78. The summed E-state index contributed by atoms with van der Waals surface area (Å²) in [6.45, 7) is 2.00. The van der Waals surface area contributed by atoms with Crippen molar-refractivity contribution in [1.82, 2.24) is 24.1 Å². The lowest BCUT2D eigenvalue weighted by Crippen LogP contribution is -2.28. The molecule has 3 rings (SSSR count). The third-order valence-electron chi connectivity index (χ3n) is 4.24. The first-order chi connectivity index (χ1) is 12.8. The molecular weight excluding hydrogens is 394 g/mol. The predicted octanol–water partition coefficient (Wildman–Crippen LogP) is 0.756. The van der Waals surface area contributed by atoms with Gasteiger partial charge in [0.25, 0.3) is 0 Å². The number of nitrogens with one attached hydrogen (secondary N) is 2. The fourth-order valence-corrected chi connectivity index (χ4v) is 3.92. The molecule has 0 spiro atoms. The number of hydrogen-bond donors (Lipinski definition) is 3. The summed E-state index contributed by atoms with van der Waals surface area (Å²) in [5, 5.41) is 19.6. The summed E-state index contributed by atoms with van der Waals surface area (Å²) in [7, 11) is -3.15. The number of halogens is 1. The summed E-state index contributed by atoms with van der Waals surface area (Å²) in [5.41, 5.74) is 0.691. The van der Waals surface area contributed by atoms with Crippen LogP contribution in [0.4, 0.5) is 17.5 Å². The van der Waals surface area contributed by atoms with Crippen LogP contribution in [0.2, 0.25) is 5.02 Å². The molecule has 0 bridgehead atoms. The monoisotopic (exact) mass is 415 g/mol. The second-order valence-corrected chi connectivity index (χ2v) is 8.78. The van der Waals surface area contributed by atoms with Gasteiger partial charge in [-0.3, -0.25) is 4.68 Å². The highest BCUT2D eigenvalue weighted by Gasteiger charge is 2.28. The van der Waals surface area contributed by atoms with Gasteiger partial charge in [-0.15, -0.1) is 0 Å². The van der Waals surface area contributed by atoms with Gasteiger partial charge in [0.1, 0.15) is 5.02 Å². The highest BCUT2D eigenvalue weighted by atomic mass is 35.5. The fraction of sp³-hybridized carbons (Fsp3) is 0.533. The number of aliphatic hydroxyl groups is 1. The molecule has 1 fully saturated rings. The van der Waals surface area contributed by atoms with Gasteiger partial charge in [0.2, 0.25) is 16.0 Å². The molecule has 148 valence electrons. The predicted molar refractivity (Wildman–Crippen MR) is 103 cm³/mol. The number of sulfonamides is 1. The van der Waals surface area contributed by atoms with Gasteiger partial charge in [0, 0.05) is 25.8 Å². The summed E-state index contributed by atoms with van der Waals surface area (Å²) >= 11 is 6.17. The molecule has 0 unspecified atom stereocenters. The van der Waals surface area contributed by atoms with E-state index in [2.05, 4.69) is 25.7 Å². The standard InChI is InChI=1S/C15H22ClN7O3S/c1-27(25,26)23-3-2-11(9-23)6-17-14-13(16)8-18-15(21-14)20-12-7-19-22(10-12)4-5-24/h7-8,10-11,24H,2-6,9H2,1H3,(H2,17,18,20,21)/t11-/m1/s1. The molecule has 0 aliphatic carbocycles. The molecule has 27 heavy (non-hydrogen) atoms. The van der Waals surface area contributed by atoms with Crippen molar-refractivity contribution in [2.45, 2.75) is 13.0 Å². The Balaban J connectivity index is 1.60. The van der Waals surface area contributed by atoms with Crippen LogP contribution in [0.5, 0.6) is 0 Å². The Hall–Kier alpha value is -1.95. The number of anilines is 3. The maximum absolute atomic E-state index is 11.6. The average Bonchev–Trinajstić information content (AvgIpc) is 3.25. The van der Waals surface area contributed by atoms with Gasteiger partial charge in [-0.1, -0.05) is 11.6 Å². The lowest BCUT2D eigenvalue weighted by molar-refractivity contribution is 0.269. The second kappa shape index (κ2) is 8.38. The van der Waals surface area contributed by atoms with Crippen molar-refractivity contribution in [3.63, 3.8) is 0 Å². The molecule has 10 nitrogen and oxygen atoms in total. The van der Waals surface area contributed by atoms with E-state index in [0.29, 0.717) is 48.7 Å². The van der Waals surface area contributed by atoms with Gasteiger partial charge in [-0.2, -0.15) is 10.1 Å². The Kier molecular flexibility index (Phi) is 6.15. The zero-order valence-corrected chi connectivity index (χ0v) is 16.4. The van der Waals surface area contributed by atoms with Crippen molar-refractivity contribution in [3.05, 3.63) is 23.6 Å². The van der Waals surface area contributed by atoms with Crippen LogP contribution in [0.25, 0.3) is 0 Å². The first kappa shape index (κ1) is 19.8. The van der Waals surface area contributed by atoms with E-state index in [0.717, 1.165) is 6.42 Å². The minimum Gasteiger partial charge on any atom is -0.394 e. The molecule has 12 heteroatoms. The average molecular weight is 416 g/mol. The highest BCUT2D eigenvalue weighted by Crippen LogP contribution is 2.24. The summed E-state index contributed by atoms with van der Waals surface area (Å²) in [6, 6.07) is 0. The van der Waals surface area contributed by atoms with Crippen LogP contribution in [0, 0.1) is 5.92 Å². The quantitative estimate of drug-likeness (QED) is 0.576. The van der Waals surface area contributed by atoms with Crippen LogP contribution in [-0.2, 0) is 16.6 Å². The Morgan fingerprint density at radius 1 is 1.41 bits per heavy atom. The molecule has 3 N–H and O–H groups in total.